The lowest BCUT2D eigenvalue weighted by molar-refractivity contribution is -0.00000715. The van der Waals surface area contributed by atoms with Crippen LogP contribution in [0.2, 0.25) is 10.0 Å². The third-order valence-corrected chi connectivity index (χ3v) is 9.81. The Kier molecular flexibility index (Phi) is 8.40. The minimum absolute atomic E-state index is 0. The van der Waals surface area contributed by atoms with Gasteiger partial charge in [0.25, 0.3) is 0 Å². The molecule has 0 radical (unpaired) electrons. The van der Waals surface area contributed by atoms with Crippen LogP contribution in [0, 0.1) is 0 Å². The first-order valence-corrected chi connectivity index (χ1v) is 14.3. The van der Waals surface area contributed by atoms with E-state index in [1.54, 1.807) is 0 Å². The Labute approximate surface area is 243 Å². The van der Waals surface area contributed by atoms with Crippen LogP contribution in [0.15, 0.2) is 122 Å². The van der Waals surface area contributed by atoms with E-state index in [0.29, 0.717) is 0 Å². The molecule has 0 aliphatic heterocycles. The zero-order chi connectivity index (χ0) is 25.9. The van der Waals surface area contributed by atoms with Crippen molar-refractivity contribution in [2.24, 2.45) is 0 Å². The van der Waals surface area contributed by atoms with E-state index < -0.39 is 7.92 Å². The Morgan fingerprint density at radius 2 is 1.13 bits per heavy atom. The smallest absolute Gasteiger partial charge is 0.161 e. The molecule has 0 atom stereocenters. The lowest BCUT2D eigenvalue weighted by atomic mass is 9.98. The molecule has 0 saturated carbocycles. The number of hydrogen-bond donors (Lipinski definition) is 1. The summed E-state index contributed by atoms with van der Waals surface area (Å²) in [7, 11) is -1.30. The van der Waals surface area contributed by atoms with Crippen LogP contribution < -0.4 is 28.3 Å². The summed E-state index contributed by atoms with van der Waals surface area (Å²) >= 11 is 12.5. The Bertz CT molecular complexity index is 1780. The molecule has 0 amide bonds. The van der Waals surface area contributed by atoms with Crippen molar-refractivity contribution in [3.63, 3.8) is 0 Å². The van der Waals surface area contributed by atoms with Crippen LogP contribution in [0.25, 0.3) is 32.3 Å². The van der Waals surface area contributed by atoms with Gasteiger partial charge in [-0.25, -0.2) is 0 Å². The van der Waals surface area contributed by atoms with E-state index in [2.05, 4.69) is 112 Å². The van der Waals surface area contributed by atoms with Crippen molar-refractivity contribution in [1.82, 2.24) is 20.6 Å². The summed E-state index contributed by atoms with van der Waals surface area (Å²) in [5.41, 5.74) is 0. The van der Waals surface area contributed by atoms with Gasteiger partial charge < -0.3 is 12.4 Å². The number of nitrogens with zero attached hydrogens (tertiary/aromatic N) is 3. The fourth-order valence-corrected chi connectivity index (χ4v) is 7.84. The molecular weight excluding hydrogens is 566 g/mol. The third kappa shape index (κ3) is 5.75. The van der Waals surface area contributed by atoms with Gasteiger partial charge in [-0.15, -0.1) is 10.2 Å². The standard InChI is InChI=1S/C30H19Cl2P.CH2N4.ClH/c31-23-9-13-25(14-10-23)33(26-15-11-24(32)12-16-26)30-19-22-17-20-5-1-2-6-21(20)18-29(22)27-7-3-4-8-28(27)30;1-2-4-5-3-1;/h1-19H;1H,(H,2,3,4,5);1H. The van der Waals surface area contributed by atoms with Crippen LogP contribution in [0.5, 0.6) is 0 Å². The average molecular weight is 588 g/mol. The van der Waals surface area contributed by atoms with E-state index in [4.69, 9.17) is 23.2 Å². The lowest BCUT2D eigenvalue weighted by Gasteiger charge is -2.16. The molecule has 0 fully saturated rings. The molecule has 0 aliphatic carbocycles. The fourth-order valence-electron chi connectivity index (χ4n) is 4.84. The van der Waals surface area contributed by atoms with E-state index in [1.165, 1.54) is 54.6 Å². The number of aromatic amines is 1. The summed E-state index contributed by atoms with van der Waals surface area (Å²) in [6, 6.07) is 41.1. The predicted octanol–water partition coefficient (Wildman–Crippen LogP) is 4.15. The first kappa shape index (κ1) is 27.1. The van der Waals surface area contributed by atoms with Gasteiger partial charge in [-0.05, 0) is 93.7 Å². The van der Waals surface area contributed by atoms with Gasteiger partial charge in [-0.2, -0.15) is 5.21 Å². The van der Waals surface area contributed by atoms with E-state index in [0.717, 1.165) is 10.0 Å². The molecule has 0 bridgehead atoms. The van der Waals surface area contributed by atoms with Crippen molar-refractivity contribution in [3.05, 3.63) is 132 Å². The highest BCUT2D eigenvalue weighted by atomic mass is 35.5. The number of hydrogen-bond acceptors (Lipinski definition) is 3. The maximum absolute atomic E-state index is 6.25. The van der Waals surface area contributed by atoms with E-state index in [-0.39, 0.29) is 12.4 Å². The Hall–Kier alpha value is -3.53. The number of benzene rings is 6. The van der Waals surface area contributed by atoms with Crippen molar-refractivity contribution >= 4 is 79.4 Å². The second-order valence-corrected chi connectivity index (χ2v) is 12.2. The Morgan fingerprint density at radius 1 is 0.564 bits per heavy atom. The molecular formula is C31H22Cl3N4P. The van der Waals surface area contributed by atoms with Crippen LogP contribution >= 0.6 is 31.1 Å². The minimum Gasteiger partial charge on any atom is -1.00 e. The largest absolute Gasteiger partial charge is 1.00 e. The van der Waals surface area contributed by atoms with Crippen LogP contribution in [0.3, 0.4) is 0 Å². The molecule has 7 rings (SSSR count). The van der Waals surface area contributed by atoms with E-state index in [1.807, 2.05) is 24.3 Å². The van der Waals surface area contributed by atoms with Gasteiger partial charge in [0.1, 0.15) is 15.9 Å². The van der Waals surface area contributed by atoms with Crippen LogP contribution in [0.1, 0.15) is 0 Å². The number of nitrogens with one attached hydrogen (secondary N) is 1. The van der Waals surface area contributed by atoms with Crippen LogP contribution in [-0.2, 0) is 0 Å². The van der Waals surface area contributed by atoms with Crippen LogP contribution in [0.4, 0.5) is 0 Å². The molecule has 0 aliphatic rings. The first-order valence-electron chi connectivity index (χ1n) is 12.1. The molecule has 7 aromatic rings. The van der Waals surface area contributed by atoms with Gasteiger partial charge in [0.2, 0.25) is 0 Å². The molecule has 192 valence electrons. The minimum atomic E-state index is -1.30. The third-order valence-electron chi connectivity index (χ3n) is 6.53. The Morgan fingerprint density at radius 3 is 1.67 bits per heavy atom. The average Bonchev–Trinajstić information content (AvgIpc) is 3.55. The number of H-pyrrole nitrogens is 1. The van der Waals surface area contributed by atoms with E-state index >= 15 is 0 Å². The molecule has 8 heteroatoms. The second-order valence-electron chi connectivity index (χ2n) is 8.84. The highest BCUT2D eigenvalue weighted by molar-refractivity contribution is 7.80. The topological polar surface area (TPSA) is 54.5 Å². The summed E-state index contributed by atoms with van der Waals surface area (Å²) < 4.78 is 0. The molecule has 6 aromatic carbocycles. The number of tetrazole rings is 1. The molecule has 39 heavy (non-hydrogen) atoms. The summed E-state index contributed by atoms with van der Waals surface area (Å²) in [6.45, 7) is 0. The quantitative estimate of drug-likeness (QED) is 0.192. The predicted molar refractivity (Wildman–Crippen MR) is 163 cm³/mol. The molecule has 1 aromatic heterocycles. The number of fused-ring (bicyclic) bond motifs is 4. The van der Waals surface area contributed by atoms with Gasteiger partial charge in [-0.1, -0.05) is 76.9 Å². The van der Waals surface area contributed by atoms with Crippen molar-refractivity contribution in [2.45, 2.75) is 0 Å². The van der Waals surface area contributed by atoms with Crippen molar-refractivity contribution in [3.8, 4) is 0 Å². The zero-order valence-corrected chi connectivity index (χ0v) is 23.8. The van der Waals surface area contributed by atoms with Gasteiger partial charge in [-0.3, -0.25) is 0 Å². The summed E-state index contributed by atoms with van der Waals surface area (Å²) in [4.78, 5) is 0. The Balaban J connectivity index is 0.000000464. The van der Waals surface area contributed by atoms with E-state index in [9.17, 15) is 0 Å². The monoisotopic (exact) mass is 586 g/mol. The van der Waals surface area contributed by atoms with Gasteiger partial charge in [0, 0.05) is 15.4 Å². The molecule has 0 unspecified atom stereocenters. The lowest BCUT2D eigenvalue weighted by Crippen LogP contribution is -3.00. The van der Waals surface area contributed by atoms with Crippen molar-refractivity contribution in [2.75, 3.05) is 0 Å². The summed E-state index contributed by atoms with van der Waals surface area (Å²) in [6.07, 6.45) is 1.33. The molecule has 1 heterocycles. The molecule has 4 nitrogen and oxygen atoms in total. The summed E-state index contributed by atoms with van der Waals surface area (Å²) in [5, 5.41) is 25.4. The highest BCUT2D eigenvalue weighted by Gasteiger charge is 2.28. The second kappa shape index (κ2) is 12.1. The number of aromatic nitrogens is 4. The fraction of sp³-hybridized carbons (Fsp3) is 0. The first-order chi connectivity index (χ1) is 18.7. The maximum Gasteiger partial charge on any atom is 0.161 e. The highest BCUT2D eigenvalue weighted by Crippen LogP contribution is 2.39. The van der Waals surface area contributed by atoms with Crippen molar-refractivity contribution in [1.29, 1.82) is 0 Å². The molecule has 0 spiro atoms. The number of halogens is 3. The normalized spacial score (nSPS) is 10.8. The summed E-state index contributed by atoms with van der Waals surface area (Å²) in [5.74, 6) is 0. The maximum atomic E-state index is 6.25. The zero-order valence-electron chi connectivity index (χ0n) is 20.5. The van der Waals surface area contributed by atoms with Crippen molar-refractivity contribution < 1.29 is 12.4 Å². The SMILES string of the molecule is Clc1ccc([PH+](c2ccc(Cl)cc2)c2cc3cc4ccccc4cc3c3ccccc23)cc1.[Cl-].c1nn[nH]n1. The van der Waals surface area contributed by atoms with Gasteiger partial charge in [0.05, 0.1) is 7.92 Å². The van der Waals surface area contributed by atoms with Gasteiger partial charge >= 0.3 is 0 Å². The van der Waals surface area contributed by atoms with Crippen LogP contribution in [-0.4, -0.2) is 20.6 Å². The molecule has 0 saturated heterocycles. The molecule has 1 N–H and O–H groups in total. The van der Waals surface area contributed by atoms with Gasteiger partial charge in [0.15, 0.2) is 6.33 Å². The number of rotatable bonds is 3.